The molecular formula is C18H17N3O4. The van der Waals surface area contributed by atoms with Gasteiger partial charge in [-0.05, 0) is 31.5 Å². The Morgan fingerprint density at radius 3 is 2.76 bits per heavy atom. The van der Waals surface area contributed by atoms with Crippen LogP contribution in [0.5, 0.6) is 5.75 Å². The number of fused-ring (bicyclic) bond motifs is 8. The molecule has 2 aromatic rings. The first kappa shape index (κ1) is 14.5. The van der Waals surface area contributed by atoms with Gasteiger partial charge in [0, 0.05) is 30.0 Å². The third kappa shape index (κ3) is 1.54. The molecule has 7 heteroatoms. The number of hydrogen-bond donors (Lipinski definition) is 2. The number of rotatable bonds is 0. The minimum Gasteiger partial charge on any atom is -0.484 e. The zero-order chi connectivity index (χ0) is 17.7. The van der Waals surface area contributed by atoms with E-state index in [0.717, 1.165) is 22.0 Å². The van der Waals surface area contributed by atoms with E-state index in [-0.39, 0.29) is 23.4 Å². The van der Waals surface area contributed by atoms with E-state index < -0.39 is 17.6 Å². The van der Waals surface area contributed by atoms with Gasteiger partial charge in [-0.1, -0.05) is 0 Å². The quantitative estimate of drug-likeness (QED) is 0.747. The van der Waals surface area contributed by atoms with Gasteiger partial charge in [0.05, 0.1) is 17.5 Å². The van der Waals surface area contributed by atoms with Crippen LogP contribution >= 0.6 is 0 Å². The van der Waals surface area contributed by atoms with Crippen molar-refractivity contribution in [3.63, 3.8) is 0 Å². The highest BCUT2D eigenvalue weighted by Gasteiger charge is 2.70. The fourth-order valence-electron chi connectivity index (χ4n) is 4.85. The van der Waals surface area contributed by atoms with Crippen LogP contribution in [0.25, 0.3) is 10.9 Å². The highest BCUT2D eigenvalue weighted by atomic mass is 16.5. The Hall–Kier alpha value is -2.83. The van der Waals surface area contributed by atoms with Crippen LogP contribution in [0.1, 0.15) is 24.0 Å². The van der Waals surface area contributed by atoms with Crippen molar-refractivity contribution >= 4 is 22.8 Å². The molecule has 1 saturated heterocycles. The molecule has 3 aliphatic rings. The van der Waals surface area contributed by atoms with Gasteiger partial charge in [0.2, 0.25) is 5.91 Å². The highest BCUT2D eigenvalue weighted by Crippen LogP contribution is 2.61. The van der Waals surface area contributed by atoms with Gasteiger partial charge in [0.15, 0.2) is 0 Å². The standard InChI is InChI=1S/C18H17N3O4/c1-7-6-10(22)21(3)14-8(7)4-5-9-11(14)13-12-15(18(13,2)25-9)19-17(24)20-16(12)23/h4-6,12-13,15H,1-3H3,(H2,19,20,23,24)/t12-,13+,15-,18+/m1/s1. The Labute approximate surface area is 143 Å². The summed E-state index contributed by atoms with van der Waals surface area (Å²) in [6.07, 6.45) is 0. The number of carbonyl (C=O) groups is 2. The van der Waals surface area contributed by atoms with Crippen molar-refractivity contribution in [3.05, 3.63) is 39.7 Å². The fraction of sp³-hybridized carbons (Fsp3) is 0.389. The second-order valence-corrected chi connectivity index (χ2v) is 7.33. The first-order chi connectivity index (χ1) is 11.8. The van der Waals surface area contributed by atoms with E-state index >= 15 is 0 Å². The van der Waals surface area contributed by atoms with E-state index in [9.17, 15) is 14.4 Å². The van der Waals surface area contributed by atoms with Crippen LogP contribution in [0.15, 0.2) is 23.0 Å². The van der Waals surface area contributed by atoms with Gasteiger partial charge in [-0.25, -0.2) is 4.79 Å². The minimum atomic E-state index is -0.686. The van der Waals surface area contributed by atoms with E-state index in [1.807, 2.05) is 26.0 Å². The number of amides is 3. The van der Waals surface area contributed by atoms with Crippen molar-refractivity contribution in [2.24, 2.45) is 13.0 Å². The number of benzene rings is 1. The SMILES string of the molecule is Cc1cc(=O)n(C)c2c3c(ccc12)O[C@]1(C)[C@@H]2NC(=O)NC(=O)[C@@H]2[C@H]31. The Morgan fingerprint density at radius 2 is 2.00 bits per heavy atom. The van der Waals surface area contributed by atoms with Gasteiger partial charge in [0.1, 0.15) is 11.4 Å². The van der Waals surface area contributed by atoms with E-state index in [2.05, 4.69) is 10.6 Å². The van der Waals surface area contributed by atoms with Crippen LogP contribution < -0.4 is 20.9 Å². The molecule has 1 aromatic heterocycles. The predicted molar refractivity (Wildman–Crippen MR) is 89.7 cm³/mol. The number of nitrogens with one attached hydrogen (secondary N) is 2. The van der Waals surface area contributed by atoms with Crippen LogP contribution in [0.2, 0.25) is 0 Å². The van der Waals surface area contributed by atoms with Gasteiger partial charge >= 0.3 is 6.03 Å². The van der Waals surface area contributed by atoms with Crippen LogP contribution in [0, 0.1) is 12.8 Å². The topological polar surface area (TPSA) is 89.4 Å². The average molecular weight is 339 g/mol. The maximum absolute atomic E-state index is 12.4. The normalized spacial score (nSPS) is 32.0. The third-order valence-electron chi connectivity index (χ3n) is 6.03. The lowest BCUT2D eigenvalue weighted by molar-refractivity contribution is -0.145. The van der Waals surface area contributed by atoms with Crippen molar-refractivity contribution < 1.29 is 14.3 Å². The largest absolute Gasteiger partial charge is 0.484 e. The molecule has 3 heterocycles. The van der Waals surface area contributed by atoms with Gasteiger partial charge < -0.3 is 14.6 Å². The lowest BCUT2D eigenvalue weighted by Crippen LogP contribution is -2.77. The van der Waals surface area contributed by atoms with Gasteiger partial charge in [0.25, 0.3) is 5.56 Å². The molecule has 1 aliphatic carbocycles. The number of pyridine rings is 1. The molecule has 0 spiro atoms. The minimum absolute atomic E-state index is 0.0933. The second-order valence-electron chi connectivity index (χ2n) is 7.33. The monoisotopic (exact) mass is 339 g/mol. The van der Waals surface area contributed by atoms with E-state index in [4.69, 9.17) is 4.74 Å². The molecule has 5 rings (SSSR count). The number of aryl methyl sites for hydroxylation is 2. The number of hydrogen-bond acceptors (Lipinski definition) is 4. The molecule has 4 atom stereocenters. The van der Waals surface area contributed by atoms with E-state index in [1.54, 1.807) is 17.7 Å². The molecule has 1 aromatic carbocycles. The Morgan fingerprint density at radius 1 is 1.24 bits per heavy atom. The van der Waals surface area contributed by atoms with Crippen LogP contribution in [0.4, 0.5) is 4.79 Å². The number of aromatic nitrogens is 1. The molecular weight excluding hydrogens is 322 g/mol. The number of imide groups is 1. The van der Waals surface area contributed by atoms with Gasteiger partial charge in [-0.2, -0.15) is 0 Å². The maximum atomic E-state index is 12.4. The summed E-state index contributed by atoms with van der Waals surface area (Å²) in [5.74, 6) is -0.214. The highest BCUT2D eigenvalue weighted by molar-refractivity contribution is 6.02. The zero-order valence-corrected chi connectivity index (χ0v) is 14.0. The molecule has 25 heavy (non-hydrogen) atoms. The molecule has 2 N–H and O–H groups in total. The van der Waals surface area contributed by atoms with E-state index in [0.29, 0.717) is 5.75 Å². The summed E-state index contributed by atoms with van der Waals surface area (Å²) in [5.41, 5.74) is 1.81. The molecule has 1 saturated carbocycles. The predicted octanol–water partition coefficient (Wildman–Crippen LogP) is 0.919. The van der Waals surface area contributed by atoms with Crippen molar-refractivity contribution in [1.29, 1.82) is 0 Å². The molecule has 7 nitrogen and oxygen atoms in total. The molecule has 0 bridgehead atoms. The Balaban J connectivity index is 1.80. The first-order valence-corrected chi connectivity index (χ1v) is 8.26. The Bertz CT molecular complexity index is 1060. The summed E-state index contributed by atoms with van der Waals surface area (Å²) < 4.78 is 7.81. The molecule has 0 radical (unpaired) electrons. The van der Waals surface area contributed by atoms with Crippen LogP contribution in [0.3, 0.4) is 0 Å². The maximum Gasteiger partial charge on any atom is 0.321 e. The van der Waals surface area contributed by atoms with Gasteiger partial charge in [-0.3, -0.25) is 14.9 Å². The van der Waals surface area contributed by atoms with Crippen LogP contribution in [-0.4, -0.2) is 28.1 Å². The molecule has 0 unspecified atom stereocenters. The average Bonchev–Trinajstić information content (AvgIpc) is 2.79. The zero-order valence-electron chi connectivity index (χ0n) is 14.0. The molecule has 2 aliphatic heterocycles. The molecule has 3 amide bonds. The van der Waals surface area contributed by atoms with E-state index in [1.165, 1.54) is 0 Å². The first-order valence-electron chi connectivity index (χ1n) is 8.26. The van der Waals surface area contributed by atoms with Crippen molar-refractivity contribution in [1.82, 2.24) is 15.2 Å². The van der Waals surface area contributed by atoms with Crippen LogP contribution in [-0.2, 0) is 11.8 Å². The summed E-state index contributed by atoms with van der Waals surface area (Å²) in [4.78, 5) is 36.4. The lowest BCUT2D eigenvalue weighted by atomic mass is 9.55. The molecule has 128 valence electrons. The summed E-state index contributed by atoms with van der Waals surface area (Å²) in [6, 6.07) is 4.59. The third-order valence-corrected chi connectivity index (χ3v) is 6.03. The van der Waals surface area contributed by atoms with Crippen molar-refractivity contribution in [2.45, 2.75) is 31.4 Å². The molecule has 2 fully saturated rings. The number of urea groups is 1. The Kier molecular flexibility index (Phi) is 2.45. The van der Waals surface area contributed by atoms with Crippen molar-refractivity contribution in [2.75, 3.05) is 0 Å². The summed E-state index contributed by atoms with van der Waals surface area (Å²) in [5, 5.41) is 6.13. The summed E-state index contributed by atoms with van der Waals surface area (Å²) in [6.45, 7) is 3.82. The summed E-state index contributed by atoms with van der Waals surface area (Å²) in [7, 11) is 1.74. The fourth-order valence-corrected chi connectivity index (χ4v) is 4.85. The van der Waals surface area contributed by atoms with Gasteiger partial charge in [-0.15, -0.1) is 0 Å². The van der Waals surface area contributed by atoms with Crippen molar-refractivity contribution in [3.8, 4) is 5.75 Å². The summed E-state index contributed by atoms with van der Waals surface area (Å²) >= 11 is 0. The smallest absolute Gasteiger partial charge is 0.321 e. The number of carbonyl (C=O) groups excluding carboxylic acids is 2. The number of ether oxygens (including phenoxy) is 1. The number of nitrogens with zero attached hydrogens (tertiary/aromatic N) is 1. The second kappa shape index (κ2) is 4.22. The lowest BCUT2D eigenvalue weighted by Gasteiger charge is -2.55.